The van der Waals surface area contributed by atoms with E-state index in [0.717, 1.165) is 10.6 Å². The van der Waals surface area contributed by atoms with Crippen LogP contribution in [0.5, 0.6) is 5.75 Å². The molecule has 0 bridgehead atoms. The number of esters is 1. The first-order valence-corrected chi connectivity index (χ1v) is 14.1. The van der Waals surface area contributed by atoms with E-state index in [1.54, 1.807) is 37.3 Å². The molecule has 1 aromatic carbocycles. The average Bonchev–Trinajstić information content (AvgIpc) is 3.32. The quantitative estimate of drug-likeness (QED) is 0.208. The van der Waals surface area contributed by atoms with Gasteiger partial charge in [0.1, 0.15) is 34.5 Å². The summed E-state index contributed by atoms with van der Waals surface area (Å²) in [6.45, 7) is 6.99. The summed E-state index contributed by atoms with van der Waals surface area (Å²) in [5.74, 6) is -0.412. The Morgan fingerprint density at radius 2 is 1.97 bits per heavy atom. The fourth-order valence-corrected chi connectivity index (χ4v) is 6.63. The standard InChI is InChI=1S/C24H31ClN3O9P/c1-5-34-20(30)16(13-14(2)3)27-38(33,36-15-9-7-6-8-10-15)37-19-18-24(19,32)23(4,25)21(35-18)28-12-11-17(29)26-22(28)31/h6-12,14,16,18-19,21,32H,5,13H2,1-4H3,(H,27,33)(H,26,29,31). The first-order valence-electron chi connectivity index (χ1n) is 12.2. The van der Waals surface area contributed by atoms with Crippen molar-refractivity contribution in [3.63, 3.8) is 0 Å². The Bertz CT molecular complexity index is 1330. The smallest absolute Gasteiger partial charge is 0.459 e. The largest absolute Gasteiger partial charge is 0.465 e. The number of aromatic amines is 1. The Balaban J connectivity index is 1.61. The number of fused-ring (bicyclic) bond motifs is 1. The summed E-state index contributed by atoms with van der Waals surface area (Å²) in [5.41, 5.74) is -3.26. The van der Waals surface area contributed by atoms with Gasteiger partial charge in [0.2, 0.25) is 0 Å². The van der Waals surface area contributed by atoms with Crippen molar-refractivity contribution in [3.05, 3.63) is 63.4 Å². The molecule has 2 aromatic rings. The van der Waals surface area contributed by atoms with Crippen LogP contribution in [0.3, 0.4) is 0 Å². The fraction of sp³-hybridized carbons (Fsp3) is 0.542. The molecule has 4 rings (SSSR count). The number of alkyl halides is 1. The van der Waals surface area contributed by atoms with Gasteiger partial charge in [0.15, 0.2) is 6.23 Å². The number of carbonyl (C=O) groups is 1. The van der Waals surface area contributed by atoms with Gasteiger partial charge in [0.05, 0.1) is 6.61 Å². The van der Waals surface area contributed by atoms with Crippen molar-refractivity contribution in [1.82, 2.24) is 14.6 Å². The van der Waals surface area contributed by atoms with E-state index in [1.807, 2.05) is 13.8 Å². The first-order chi connectivity index (χ1) is 17.8. The maximum Gasteiger partial charge on any atom is 0.459 e. The highest BCUT2D eigenvalue weighted by Crippen LogP contribution is 2.66. The number of benzene rings is 1. The van der Waals surface area contributed by atoms with E-state index < -0.39 is 59.9 Å². The third-order valence-electron chi connectivity index (χ3n) is 6.47. The number of nitrogens with one attached hydrogen (secondary N) is 2. The van der Waals surface area contributed by atoms with E-state index in [-0.39, 0.29) is 24.7 Å². The van der Waals surface area contributed by atoms with Gasteiger partial charge in [-0.2, -0.15) is 5.09 Å². The highest BCUT2D eigenvalue weighted by Gasteiger charge is 2.84. The normalized spacial score (nSPS) is 30.3. The molecule has 14 heteroatoms. The zero-order chi connectivity index (χ0) is 27.9. The lowest BCUT2D eigenvalue weighted by Gasteiger charge is -2.33. The molecule has 1 aliphatic carbocycles. The number of para-hydroxylation sites is 1. The molecule has 2 heterocycles. The molecule has 1 saturated carbocycles. The summed E-state index contributed by atoms with van der Waals surface area (Å²) in [7, 11) is -4.35. The molecule has 1 saturated heterocycles. The minimum Gasteiger partial charge on any atom is -0.465 e. The number of carbonyl (C=O) groups excluding carboxylic acids is 1. The summed E-state index contributed by atoms with van der Waals surface area (Å²) < 4.78 is 37.7. The minimum atomic E-state index is -4.35. The molecule has 12 nitrogen and oxygen atoms in total. The monoisotopic (exact) mass is 571 g/mol. The number of aliphatic hydroxyl groups is 1. The Labute approximate surface area is 223 Å². The van der Waals surface area contributed by atoms with Gasteiger partial charge in [0, 0.05) is 12.3 Å². The summed E-state index contributed by atoms with van der Waals surface area (Å²) in [6, 6.07) is 8.28. The Kier molecular flexibility index (Phi) is 7.96. The lowest BCUT2D eigenvalue weighted by Crippen LogP contribution is -2.47. The van der Waals surface area contributed by atoms with Gasteiger partial charge in [-0.1, -0.05) is 32.0 Å². The van der Waals surface area contributed by atoms with Crippen LogP contribution in [0.4, 0.5) is 0 Å². The topological polar surface area (TPSA) is 158 Å². The van der Waals surface area contributed by atoms with E-state index in [9.17, 15) is 24.1 Å². The van der Waals surface area contributed by atoms with Crippen molar-refractivity contribution in [1.29, 1.82) is 0 Å². The number of halogens is 1. The van der Waals surface area contributed by atoms with Crippen LogP contribution in [0.1, 0.15) is 40.3 Å². The van der Waals surface area contributed by atoms with Gasteiger partial charge in [0.25, 0.3) is 5.56 Å². The predicted molar refractivity (Wildman–Crippen MR) is 137 cm³/mol. The number of rotatable bonds is 11. The third-order valence-corrected chi connectivity index (χ3v) is 8.55. The maximum absolute atomic E-state index is 14.1. The van der Waals surface area contributed by atoms with Crippen molar-refractivity contribution in [2.75, 3.05) is 6.61 Å². The van der Waals surface area contributed by atoms with E-state index in [1.165, 1.54) is 13.1 Å². The molecular weight excluding hydrogens is 541 g/mol. The minimum absolute atomic E-state index is 0.0254. The van der Waals surface area contributed by atoms with E-state index in [0.29, 0.717) is 0 Å². The van der Waals surface area contributed by atoms with Gasteiger partial charge in [-0.15, -0.1) is 11.6 Å². The van der Waals surface area contributed by atoms with Gasteiger partial charge >= 0.3 is 19.4 Å². The summed E-state index contributed by atoms with van der Waals surface area (Å²) >= 11 is 6.73. The second-order valence-corrected chi connectivity index (χ2v) is 12.3. The number of ether oxygens (including phenoxy) is 2. The molecule has 0 spiro atoms. The average molecular weight is 572 g/mol. The lowest BCUT2D eigenvalue weighted by molar-refractivity contribution is -0.145. The van der Waals surface area contributed by atoms with Crippen LogP contribution in [0.15, 0.2) is 52.2 Å². The Hall–Kier alpha value is -2.47. The van der Waals surface area contributed by atoms with Crippen LogP contribution >= 0.6 is 19.3 Å². The molecule has 7 atom stereocenters. The molecular formula is C24H31ClN3O9P. The fourth-order valence-electron chi connectivity index (χ4n) is 4.54. The second kappa shape index (κ2) is 10.6. The molecule has 7 unspecified atom stereocenters. The number of aromatic nitrogens is 2. The maximum atomic E-state index is 14.1. The third kappa shape index (κ3) is 5.34. The zero-order valence-corrected chi connectivity index (χ0v) is 23.0. The van der Waals surface area contributed by atoms with Gasteiger partial charge < -0.3 is 19.1 Å². The molecule has 2 fully saturated rings. The van der Waals surface area contributed by atoms with Crippen molar-refractivity contribution < 1.29 is 33.0 Å². The Morgan fingerprint density at radius 3 is 2.53 bits per heavy atom. The van der Waals surface area contributed by atoms with Gasteiger partial charge in [-0.3, -0.25) is 23.7 Å². The highest BCUT2D eigenvalue weighted by atomic mass is 35.5. The summed E-state index contributed by atoms with van der Waals surface area (Å²) in [6.07, 6.45) is -2.02. The molecule has 38 heavy (non-hydrogen) atoms. The molecule has 1 aliphatic heterocycles. The first kappa shape index (κ1) is 28.5. The van der Waals surface area contributed by atoms with Crippen molar-refractivity contribution in [3.8, 4) is 5.75 Å². The van der Waals surface area contributed by atoms with Gasteiger partial charge in [-0.05, 0) is 38.3 Å². The lowest BCUT2D eigenvalue weighted by atomic mass is 10.0. The van der Waals surface area contributed by atoms with Crippen LogP contribution < -0.4 is 20.9 Å². The van der Waals surface area contributed by atoms with Crippen LogP contribution in [0.25, 0.3) is 0 Å². The Morgan fingerprint density at radius 1 is 1.29 bits per heavy atom. The van der Waals surface area contributed by atoms with Crippen LogP contribution in [-0.4, -0.2) is 56.0 Å². The van der Waals surface area contributed by atoms with E-state index in [2.05, 4.69) is 10.1 Å². The van der Waals surface area contributed by atoms with E-state index in [4.69, 9.17) is 30.1 Å². The zero-order valence-electron chi connectivity index (χ0n) is 21.3. The van der Waals surface area contributed by atoms with E-state index >= 15 is 0 Å². The number of H-pyrrole nitrogens is 1. The number of nitrogens with zero attached hydrogens (tertiary/aromatic N) is 1. The highest BCUT2D eigenvalue weighted by molar-refractivity contribution is 7.52. The van der Waals surface area contributed by atoms with Crippen molar-refractivity contribution in [2.45, 2.75) is 69.1 Å². The molecule has 208 valence electrons. The molecule has 1 aromatic heterocycles. The van der Waals surface area contributed by atoms with Crippen LogP contribution in [0.2, 0.25) is 0 Å². The molecule has 0 radical (unpaired) electrons. The molecule has 3 N–H and O–H groups in total. The number of hydrogen-bond donors (Lipinski definition) is 3. The van der Waals surface area contributed by atoms with Crippen molar-refractivity contribution >= 4 is 25.3 Å². The predicted octanol–water partition coefficient (Wildman–Crippen LogP) is 2.32. The van der Waals surface area contributed by atoms with Crippen LogP contribution in [-0.2, 0) is 23.4 Å². The van der Waals surface area contributed by atoms with Crippen molar-refractivity contribution in [2.24, 2.45) is 5.92 Å². The van der Waals surface area contributed by atoms with Crippen LogP contribution in [0, 0.1) is 5.92 Å². The second-order valence-electron chi connectivity index (χ2n) is 9.82. The number of hydrogen-bond acceptors (Lipinski definition) is 9. The summed E-state index contributed by atoms with van der Waals surface area (Å²) in [4.78, 5) is 36.9. The molecule has 0 amide bonds. The molecule has 2 aliphatic rings. The summed E-state index contributed by atoms with van der Waals surface area (Å²) in [5, 5.41) is 14.2. The SMILES string of the molecule is CCOC(=O)C(CC(C)C)NP(=O)(Oc1ccccc1)OC1C2OC(n3ccc(=O)[nH]c3=O)C(C)(Cl)C21O. The van der Waals surface area contributed by atoms with Gasteiger partial charge in [-0.25, -0.2) is 9.36 Å².